The Hall–Kier alpha value is -1.60. The maximum atomic E-state index is 12.5. The highest BCUT2D eigenvalue weighted by atomic mass is 32.2. The lowest BCUT2D eigenvalue weighted by Crippen LogP contribution is -2.52. The number of hydrogen-bond acceptors (Lipinski definition) is 4. The zero-order valence-corrected chi connectivity index (χ0v) is 16.6. The third-order valence-corrected chi connectivity index (χ3v) is 7.61. The highest BCUT2D eigenvalue weighted by Crippen LogP contribution is 2.46. The minimum absolute atomic E-state index is 0.111. The number of amides is 1. The smallest absolute Gasteiger partial charge is 0.220 e. The van der Waals surface area contributed by atoms with Gasteiger partial charge in [0.25, 0.3) is 0 Å². The van der Waals surface area contributed by atoms with E-state index in [0.717, 1.165) is 30.6 Å². The largest absolute Gasteiger partial charge is 0.487 e. The Morgan fingerprint density at radius 2 is 1.96 bits per heavy atom. The second-order valence-electron chi connectivity index (χ2n) is 8.29. The van der Waals surface area contributed by atoms with E-state index in [-0.39, 0.29) is 17.4 Å². The first kappa shape index (κ1) is 18.7. The van der Waals surface area contributed by atoms with Gasteiger partial charge in [-0.1, -0.05) is 18.2 Å². The topological polar surface area (TPSA) is 75.7 Å². The molecular formula is C20H28N2O4S. The first-order valence-electron chi connectivity index (χ1n) is 9.87. The standard InChI is InChI=1S/C20H28N2O4S/c1-27(24,25)22-11-9-20(10-12-22)14-15(13-19(23)21-16-5-4-6-16)17-7-2-3-8-18(17)26-20/h2-3,7-8,15-16H,4-6,9-14H2,1H3,(H,21,23). The molecule has 27 heavy (non-hydrogen) atoms. The molecule has 2 aliphatic heterocycles. The number of ether oxygens (including phenoxy) is 1. The molecule has 3 aliphatic rings. The highest BCUT2D eigenvalue weighted by molar-refractivity contribution is 7.88. The number of piperidine rings is 1. The van der Waals surface area contributed by atoms with Crippen molar-refractivity contribution in [2.24, 2.45) is 0 Å². The van der Waals surface area contributed by atoms with Crippen LogP contribution in [0.1, 0.15) is 56.4 Å². The van der Waals surface area contributed by atoms with Gasteiger partial charge < -0.3 is 10.1 Å². The van der Waals surface area contributed by atoms with Crippen LogP contribution in [0.5, 0.6) is 5.75 Å². The van der Waals surface area contributed by atoms with Crippen LogP contribution in [0, 0.1) is 0 Å². The molecule has 1 amide bonds. The van der Waals surface area contributed by atoms with Gasteiger partial charge in [-0.25, -0.2) is 12.7 Å². The molecule has 6 nitrogen and oxygen atoms in total. The normalized spacial score (nSPS) is 25.3. The van der Waals surface area contributed by atoms with Crippen molar-refractivity contribution in [2.75, 3.05) is 19.3 Å². The average Bonchev–Trinajstić information content (AvgIpc) is 2.58. The number of carbonyl (C=O) groups is 1. The van der Waals surface area contributed by atoms with Gasteiger partial charge in [0.1, 0.15) is 11.4 Å². The summed E-state index contributed by atoms with van der Waals surface area (Å²) < 4.78 is 31.6. The molecule has 1 saturated heterocycles. The van der Waals surface area contributed by atoms with Crippen molar-refractivity contribution in [3.63, 3.8) is 0 Å². The van der Waals surface area contributed by atoms with E-state index in [1.54, 1.807) is 0 Å². The SMILES string of the molecule is CS(=O)(=O)N1CCC2(CC1)CC(CC(=O)NC1CCC1)c1ccccc1O2. The van der Waals surface area contributed by atoms with Crippen molar-refractivity contribution in [3.05, 3.63) is 29.8 Å². The summed E-state index contributed by atoms with van der Waals surface area (Å²) in [5.74, 6) is 1.07. The van der Waals surface area contributed by atoms with Gasteiger partial charge >= 0.3 is 0 Å². The number of carbonyl (C=O) groups excluding carboxylic acids is 1. The molecule has 2 heterocycles. The van der Waals surface area contributed by atoms with Crippen LogP contribution in [0.4, 0.5) is 0 Å². The zero-order valence-electron chi connectivity index (χ0n) is 15.8. The lowest BCUT2D eigenvalue weighted by atomic mass is 9.76. The van der Waals surface area contributed by atoms with Crippen LogP contribution >= 0.6 is 0 Å². The molecule has 1 atom stereocenters. The molecule has 1 N–H and O–H groups in total. The molecule has 1 aromatic carbocycles. The first-order valence-corrected chi connectivity index (χ1v) is 11.7. The minimum Gasteiger partial charge on any atom is -0.487 e. The average molecular weight is 393 g/mol. The Kier molecular flexibility index (Phi) is 4.93. The van der Waals surface area contributed by atoms with E-state index in [1.165, 1.54) is 17.0 Å². The van der Waals surface area contributed by atoms with Crippen LogP contribution in [0.3, 0.4) is 0 Å². The Morgan fingerprint density at radius 1 is 1.26 bits per heavy atom. The number of nitrogens with one attached hydrogen (secondary N) is 1. The van der Waals surface area contributed by atoms with Gasteiger partial charge in [0.2, 0.25) is 15.9 Å². The molecule has 0 bridgehead atoms. The predicted molar refractivity (Wildman–Crippen MR) is 103 cm³/mol. The van der Waals surface area contributed by atoms with E-state index in [9.17, 15) is 13.2 Å². The molecule has 148 valence electrons. The number of para-hydroxylation sites is 1. The lowest BCUT2D eigenvalue weighted by Gasteiger charge is -2.46. The molecule has 1 spiro atoms. The minimum atomic E-state index is -3.17. The number of fused-ring (bicyclic) bond motifs is 1. The summed E-state index contributed by atoms with van der Waals surface area (Å²) in [7, 11) is -3.17. The van der Waals surface area contributed by atoms with Crippen LogP contribution in [-0.4, -0.2) is 49.6 Å². The fourth-order valence-corrected chi connectivity index (χ4v) is 5.37. The number of nitrogens with zero attached hydrogens (tertiary/aromatic N) is 1. The molecular weight excluding hydrogens is 364 g/mol. The van der Waals surface area contributed by atoms with Gasteiger partial charge in [0.15, 0.2) is 0 Å². The summed E-state index contributed by atoms with van der Waals surface area (Å²) in [5, 5.41) is 3.15. The number of sulfonamides is 1. The van der Waals surface area contributed by atoms with Crippen molar-refractivity contribution in [3.8, 4) is 5.75 Å². The maximum absolute atomic E-state index is 12.5. The van der Waals surface area contributed by atoms with E-state index in [0.29, 0.717) is 38.4 Å². The second-order valence-corrected chi connectivity index (χ2v) is 10.3. The zero-order chi connectivity index (χ0) is 19.1. The summed E-state index contributed by atoms with van der Waals surface area (Å²) in [6.07, 6.45) is 7.18. The van der Waals surface area contributed by atoms with Gasteiger partial charge in [-0.05, 0) is 37.3 Å². The van der Waals surface area contributed by atoms with Gasteiger partial charge in [-0.2, -0.15) is 0 Å². The highest BCUT2D eigenvalue weighted by Gasteiger charge is 2.44. The summed E-state index contributed by atoms with van der Waals surface area (Å²) in [5.41, 5.74) is 0.717. The summed E-state index contributed by atoms with van der Waals surface area (Å²) in [4.78, 5) is 12.5. The molecule has 7 heteroatoms. The molecule has 1 unspecified atom stereocenters. The van der Waals surface area contributed by atoms with Crippen LogP contribution in [0.25, 0.3) is 0 Å². The van der Waals surface area contributed by atoms with Crippen molar-refractivity contribution in [1.82, 2.24) is 9.62 Å². The lowest BCUT2D eigenvalue weighted by molar-refractivity contribution is -0.123. The van der Waals surface area contributed by atoms with Crippen molar-refractivity contribution < 1.29 is 17.9 Å². The van der Waals surface area contributed by atoms with E-state index < -0.39 is 10.0 Å². The predicted octanol–water partition coefficient (Wildman–Crippen LogP) is 2.41. The van der Waals surface area contributed by atoms with Crippen molar-refractivity contribution in [1.29, 1.82) is 0 Å². The van der Waals surface area contributed by atoms with Crippen LogP contribution < -0.4 is 10.1 Å². The summed E-state index contributed by atoms with van der Waals surface area (Å²) in [6, 6.07) is 8.31. The Bertz CT molecular complexity index is 811. The molecule has 0 radical (unpaired) electrons. The van der Waals surface area contributed by atoms with Crippen LogP contribution in [-0.2, 0) is 14.8 Å². The van der Waals surface area contributed by atoms with E-state index in [1.807, 2.05) is 18.2 Å². The number of hydrogen-bond donors (Lipinski definition) is 1. The summed E-state index contributed by atoms with van der Waals surface area (Å²) >= 11 is 0. The van der Waals surface area contributed by atoms with Crippen molar-refractivity contribution >= 4 is 15.9 Å². The Morgan fingerprint density at radius 3 is 2.59 bits per heavy atom. The van der Waals surface area contributed by atoms with Crippen LogP contribution in [0.15, 0.2) is 24.3 Å². The first-order chi connectivity index (χ1) is 12.8. The number of benzene rings is 1. The quantitative estimate of drug-likeness (QED) is 0.854. The monoisotopic (exact) mass is 392 g/mol. The molecule has 0 aromatic heterocycles. The number of rotatable bonds is 4. The van der Waals surface area contributed by atoms with Gasteiger partial charge in [0.05, 0.1) is 6.26 Å². The molecule has 4 rings (SSSR count). The van der Waals surface area contributed by atoms with E-state index >= 15 is 0 Å². The van der Waals surface area contributed by atoms with Gasteiger partial charge in [-0.3, -0.25) is 4.79 Å². The molecule has 2 fully saturated rings. The van der Waals surface area contributed by atoms with Gasteiger partial charge in [-0.15, -0.1) is 0 Å². The van der Waals surface area contributed by atoms with Crippen molar-refractivity contribution in [2.45, 2.75) is 62.5 Å². The fourth-order valence-electron chi connectivity index (χ4n) is 4.52. The van der Waals surface area contributed by atoms with Crippen LogP contribution in [0.2, 0.25) is 0 Å². The molecule has 1 aromatic rings. The fraction of sp³-hybridized carbons (Fsp3) is 0.650. The Balaban J connectivity index is 1.50. The van der Waals surface area contributed by atoms with E-state index in [2.05, 4.69) is 11.4 Å². The van der Waals surface area contributed by atoms with E-state index in [4.69, 9.17) is 4.74 Å². The Labute approximate surface area is 161 Å². The molecule has 1 saturated carbocycles. The third-order valence-electron chi connectivity index (χ3n) is 6.31. The molecule has 1 aliphatic carbocycles. The summed E-state index contributed by atoms with van der Waals surface area (Å²) in [6.45, 7) is 0.948. The second kappa shape index (κ2) is 7.09. The van der Waals surface area contributed by atoms with Gasteiger partial charge in [0, 0.05) is 44.3 Å². The maximum Gasteiger partial charge on any atom is 0.220 e. The third kappa shape index (κ3) is 3.99.